The minimum Gasteiger partial charge on any atom is -0.356 e. The Hall–Kier alpha value is -0.750. The highest BCUT2D eigenvalue weighted by atomic mass is 32.2. The zero-order valence-electron chi connectivity index (χ0n) is 12.1. The van der Waals surface area contributed by atoms with Crippen molar-refractivity contribution in [2.45, 2.75) is 30.5 Å². The molecule has 0 saturated carbocycles. The van der Waals surface area contributed by atoms with Gasteiger partial charge in [-0.25, -0.2) is 4.98 Å². The van der Waals surface area contributed by atoms with Crippen LogP contribution in [0.2, 0.25) is 0 Å². The third-order valence-electron chi connectivity index (χ3n) is 2.66. The molecule has 0 aliphatic rings. The number of nitrogens with one attached hydrogen (secondary N) is 1. The third kappa shape index (κ3) is 6.82. The number of nitrogens with zero attached hydrogens (tertiary/aromatic N) is 3. The van der Waals surface area contributed by atoms with Crippen molar-refractivity contribution >= 4 is 29.1 Å². The maximum Gasteiger partial charge on any atom is 0.193 e. The molecule has 1 N–H and O–H groups in total. The molecule has 0 aliphatic carbocycles. The highest BCUT2D eigenvalue weighted by molar-refractivity contribution is 8.00. The summed E-state index contributed by atoms with van der Waals surface area (Å²) >= 11 is 3.53. The molecule has 108 valence electrons. The second kappa shape index (κ2) is 10.1. The summed E-state index contributed by atoms with van der Waals surface area (Å²) in [6.45, 7) is 4.23. The van der Waals surface area contributed by atoms with Gasteiger partial charge in [0.2, 0.25) is 0 Å². The van der Waals surface area contributed by atoms with Gasteiger partial charge >= 0.3 is 0 Å². The summed E-state index contributed by atoms with van der Waals surface area (Å²) in [5, 5.41) is 5.42. The minimum atomic E-state index is 0.960. The highest BCUT2D eigenvalue weighted by Gasteiger charge is 2.04. The first-order valence-electron chi connectivity index (χ1n) is 6.72. The van der Waals surface area contributed by atoms with E-state index in [2.05, 4.69) is 34.2 Å². The van der Waals surface area contributed by atoms with Gasteiger partial charge in [0.1, 0.15) is 4.34 Å². The maximum absolute atomic E-state index is 4.30. The smallest absolute Gasteiger partial charge is 0.193 e. The first kappa shape index (κ1) is 16.3. The molecule has 0 bridgehead atoms. The Morgan fingerprint density at radius 2 is 2.37 bits per heavy atom. The van der Waals surface area contributed by atoms with Gasteiger partial charge in [-0.2, -0.15) is 0 Å². The van der Waals surface area contributed by atoms with Crippen LogP contribution in [0.15, 0.2) is 20.9 Å². The Morgan fingerprint density at radius 1 is 1.53 bits per heavy atom. The van der Waals surface area contributed by atoms with Crippen LogP contribution in [0, 0.1) is 0 Å². The molecule has 19 heavy (non-hydrogen) atoms. The van der Waals surface area contributed by atoms with Gasteiger partial charge in [0, 0.05) is 44.5 Å². The number of thioether (sulfide) groups is 1. The predicted octanol–water partition coefficient (Wildman–Crippen LogP) is 2.93. The molecule has 0 spiro atoms. The van der Waals surface area contributed by atoms with E-state index >= 15 is 0 Å². The van der Waals surface area contributed by atoms with Crippen molar-refractivity contribution in [2.75, 3.05) is 32.9 Å². The lowest BCUT2D eigenvalue weighted by atomic mass is 10.3. The van der Waals surface area contributed by atoms with E-state index in [0.717, 1.165) is 35.6 Å². The lowest BCUT2D eigenvalue weighted by Gasteiger charge is -2.21. The first-order chi connectivity index (χ1) is 9.27. The average Bonchev–Trinajstić information content (AvgIpc) is 2.93. The number of guanidine groups is 1. The topological polar surface area (TPSA) is 40.5 Å². The minimum absolute atomic E-state index is 0.960. The van der Waals surface area contributed by atoms with E-state index in [0.29, 0.717) is 0 Å². The zero-order chi connectivity index (χ0) is 13.9. The molecule has 0 unspecified atom stereocenters. The second-order valence-electron chi connectivity index (χ2n) is 4.25. The fraction of sp³-hybridized carbons (Fsp3) is 0.692. The molecule has 0 atom stereocenters. The molecule has 4 nitrogen and oxygen atoms in total. The van der Waals surface area contributed by atoms with Gasteiger partial charge in [-0.3, -0.25) is 4.99 Å². The van der Waals surface area contributed by atoms with Crippen LogP contribution < -0.4 is 5.32 Å². The van der Waals surface area contributed by atoms with Crippen molar-refractivity contribution < 1.29 is 0 Å². The molecular weight excluding hydrogens is 276 g/mol. The van der Waals surface area contributed by atoms with Crippen LogP contribution in [0.1, 0.15) is 26.2 Å². The van der Waals surface area contributed by atoms with E-state index in [4.69, 9.17) is 0 Å². The van der Waals surface area contributed by atoms with Crippen molar-refractivity contribution in [3.8, 4) is 0 Å². The van der Waals surface area contributed by atoms with Crippen LogP contribution in [-0.2, 0) is 0 Å². The van der Waals surface area contributed by atoms with E-state index in [-0.39, 0.29) is 0 Å². The van der Waals surface area contributed by atoms with Crippen LogP contribution in [0.3, 0.4) is 0 Å². The highest BCUT2D eigenvalue weighted by Crippen LogP contribution is 2.20. The van der Waals surface area contributed by atoms with Crippen LogP contribution in [0.4, 0.5) is 0 Å². The van der Waals surface area contributed by atoms with Crippen LogP contribution in [0.5, 0.6) is 0 Å². The number of hydrogen-bond donors (Lipinski definition) is 1. The van der Waals surface area contributed by atoms with Gasteiger partial charge in [-0.15, -0.1) is 11.3 Å². The second-order valence-corrected chi connectivity index (χ2v) is 6.49. The number of hydrogen-bond acceptors (Lipinski definition) is 4. The van der Waals surface area contributed by atoms with E-state index in [9.17, 15) is 0 Å². The molecule has 1 aromatic rings. The Balaban J connectivity index is 2.12. The number of aliphatic imine (C=N–C) groups is 1. The van der Waals surface area contributed by atoms with Crippen molar-refractivity contribution in [1.82, 2.24) is 15.2 Å². The van der Waals surface area contributed by atoms with Crippen LogP contribution in [-0.4, -0.2) is 48.8 Å². The summed E-state index contributed by atoms with van der Waals surface area (Å²) in [6, 6.07) is 0. The summed E-state index contributed by atoms with van der Waals surface area (Å²) < 4.78 is 1.16. The number of unbranched alkanes of at least 4 members (excludes halogenated alkanes) is 1. The molecular formula is C13H24N4S2. The molecule has 0 radical (unpaired) electrons. The van der Waals surface area contributed by atoms with Crippen LogP contribution in [0.25, 0.3) is 0 Å². The number of thiazole rings is 1. The van der Waals surface area contributed by atoms with Gasteiger partial charge in [0.05, 0.1) is 0 Å². The van der Waals surface area contributed by atoms with Gasteiger partial charge in [0.15, 0.2) is 5.96 Å². The van der Waals surface area contributed by atoms with E-state index in [1.165, 1.54) is 12.8 Å². The molecule has 1 heterocycles. The van der Waals surface area contributed by atoms with Crippen molar-refractivity contribution in [2.24, 2.45) is 4.99 Å². The van der Waals surface area contributed by atoms with E-state index in [1.54, 1.807) is 11.3 Å². The zero-order valence-corrected chi connectivity index (χ0v) is 13.7. The van der Waals surface area contributed by atoms with Crippen molar-refractivity contribution in [3.05, 3.63) is 11.6 Å². The van der Waals surface area contributed by atoms with E-state index in [1.807, 2.05) is 30.4 Å². The number of aromatic nitrogens is 1. The largest absolute Gasteiger partial charge is 0.356 e. The SMILES string of the molecule is CCCCN(C)C(=NC)NCCCSc1nccs1. The van der Waals surface area contributed by atoms with E-state index < -0.39 is 0 Å². The quantitative estimate of drug-likeness (QED) is 0.347. The lowest BCUT2D eigenvalue weighted by molar-refractivity contribution is 0.465. The van der Waals surface area contributed by atoms with Gasteiger partial charge in [-0.05, 0) is 12.8 Å². The molecule has 6 heteroatoms. The summed E-state index contributed by atoms with van der Waals surface area (Å²) in [5.74, 6) is 2.09. The Labute approximate surface area is 124 Å². The molecule has 0 fully saturated rings. The third-order valence-corrected chi connectivity index (χ3v) is 4.71. The van der Waals surface area contributed by atoms with Gasteiger partial charge < -0.3 is 10.2 Å². The maximum atomic E-state index is 4.30. The lowest BCUT2D eigenvalue weighted by Crippen LogP contribution is -2.39. The van der Waals surface area contributed by atoms with Crippen molar-refractivity contribution in [1.29, 1.82) is 0 Å². The summed E-state index contributed by atoms with van der Waals surface area (Å²) in [5.41, 5.74) is 0. The average molecular weight is 300 g/mol. The standard InChI is InChI=1S/C13H24N4S2/c1-4-5-9-17(3)12(14-2)15-7-6-10-18-13-16-8-11-19-13/h8,11H,4-7,9-10H2,1-3H3,(H,14,15). The molecule has 0 aromatic carbocycles. The molecule has 0 amide bonds. The predicted molar refractivity (Wildman–Crippen MR) is 86.4 cm³/mol. The number of rotatable bonds is 8. The summed E-state index contributed by atoms with van der Waals surface area (Å²) in [4.78, 5) is 10.8. The van der Waals surface area contributed by atoms with Gasteiger partial charge in [-0.1, -0.05) is 25.1 Å². The molecule has 1 rings (SSSR count). The Bertz CT molecular complexity index is 352. The Morgan fingerprint density at radius 3 is 3.00 bits per heavy atom. The first-order valence-corrected chi connectivity index (χ1v) is 8.58. The summed E-state index contributed by atoms with van der Waals surface area (Å²) in [6.07, 6.45) is 5.39. The van der Waals surface area contributed by atoms with Crippen LogP contribution >= 0.6 is 23.1 Å². The van der Waals surface area contributed by atoms with Crippen molar-refractivity contribution in [3.63, 3.8) is 0 Å². The fourth-order valence-electron chi connectivity index (χ4n) is 1.60. The summed E-state index contributed by atoms with van der Waals surface area (Å²) in [7, 11) is 3.93. The molecule has 1 aromatic heterocycles. The molecule has 0 aliphatic heterocycles. The molecule has 0 saturated heterocycles. The van der Waals surface area contributed by atoms with Gasteiger partial charge in [0.25, 0.3) is 0 Å². The Kier molecular flexibility index (Phi) is 8.66. The monoisotopic (exact) mass is 300 g/mol. The normalized spacial score (nSPS) is 11.6. The fourth-order valence-corrected chi connectivity index (χ4v) is 3.25.